The first-order valence-electron chi connectivity index (χ1n) is 10.8. The van der Waals surface area contributed by atoms with Gasteiger partial charge in [0.05, 0.1) is 30.8 Å². The number of amides is 1. The Labute approximate surface area is 188 Å². The molecule has 1 aliphatic carbocycles. The lowest BCUT2D eigenvalue weighted by atomic mass is 9.93. The van der Waals surface area contributed by atoms with Crippen LogP contribution in [0.3, 0.4) is 0 Å². The van der Waals surface area contributed by atoms with E-state index in [9.17, 15) is 9.59 Å². The second-order valence-corrected chi connectivity index (χ2v) is 9.11. The minimum atomic E-state index is -0.393. The van der Waals surface area contributed by atoms with Crippen LogP contribution >= 0.6 is 11.8 Å². The van der Waals surface area contributed by atoms with E-state index in [0.717, 1.165) is 29.3 Å². The first-order chi connectivity index (χ1) is 15.0. The number of methoxy groups -OCH3 is 1. The molecule has 1 fully saturated rings. The van der Waals surface area contributed by atoms with Gasteiger partial charge in [0.25, 0.3) is 0 Å². The Morgan fingerprint density at radius 2 is 1.90 bits per heavy atom. The summed E-state index contributed by atoms with van der Waals surface area (Å²) in [5, 5.41) is 2.79. The number of allylic oxidation sites excluding steroid dienone is 1. The molecule has 1 amide bonds. The van der Waals surface area contributed by atoms with Crippen LogP contribution in [0.5, 0.6) is 0 Å². The minimum Gasteiger partial charge on any atom is -0.466 e. The van der Waals surface area contributed by atoms with Crippen LogP contribution in [-0.4, -0.2) is 47.0 Å². The number of hydrogen-bond donors (Lipinski definition) is 0. The zero-order chi connectivity index (χ0) is 22.0. The summed E-state index contributed by atoms with van der Waals surface area (Å²) >= 11 is 1.50. The van der Waals surface area contributed by atoms with Crippen molar-refractivity contribution in [3.8, 4) is 0 Å². The molecule has 1 aromatic carbocycles. The summed E-state index contributed by atoms with van der Waals surface area (Å²) in [6.07, 6.45) is 6.07. The lowest BCUT2D eigenvalue weighted by Crippen LogP contribution is -2.41. The average Bonchev–Trinajstić information content (AvgIpc) is 3.20. The van der Waals surface area contributed by atoms with Crippen LogP contribution in [0.2, 0.25) is 0 Å². The van der Waals surface area contributed by atoms with Gasteiger partial charge in [0.15, 0.2) is 5.17 Å². The number of carbonyl (C=O) groups excluding carboxylic acids is 2. The maximum atomic E-state index is 13.2. The van der Waals surface area contributed by atoms with Crippen LogP contribution in [0.4, 0.5) is 0 Å². The molecule has 164 valence electrons. The van der Waals surface area contributed by atoms with E-state index in [-0.39, 0.29) is 18.4 Å². The number of thioether (sulfide) groups is 1. The number of benzene rings is 1. The topological polar surface area (TPSA) is 62.2 Å². The third kappa shape index (κ3) is 4.28. The summed E-state index contributed by atoms with van der Waals surface area (Å²) in [5.41, 5.74) is 3.01. The lowest BCUT2D eigenvalue weighted by Gasteiger charge is -2.37. The van der Waals surface area contributed by atoms with E-state index >= 15 is 0 Å². The van der Waals surface area contributed by atoms with E-state index in [2.05, 4.69) is 4.99 Å². The molecule has 1 saturated carbocycles. The molecule has 7 heteroatoms. The molecule has 1 aromatic rings. The fourth-order valence-electron chi connectivity index (χ4n) is 4.64. The van der Waals surface area contributed by atoms with Gasteiger partial charge in [0, 0.05) is 18.8 Å². The molecule has 6 nitrogen and oxygen atoms in total. The second kappa shape index (κ2) is 9.30. The van der Waals surface area contributed by atoms with Gasteiger partial charge in [-0.1, -0.05) is 61.4 Å². The van der Waals surface area contributed by atoms with Crippen molar-refractivity contribution in [1.82, 2.24) is 9.80 Å². The van der Waals surface area contributed by atoms with Crippen molar-refractivity contribution in [2.24, 2.45) is 4.99 Å². The summed E-state index contributed by atoms with van der Waals surface area (Å²) < 4.78 is 5.10. The number of hydrogen-bond acceptors (Lipinski definition) is 6. The molecule has 0 N–H and O–H groups in total. The van der Waals surface area contributed by atoms with Crippen LogP contribution in [-0.2, 0) is 14.3 Å². The number of ether oxygens (including phenoxy) is 1. The third-order valence-corrected chi connectivity index (χ3v) is 7.26. The highest BCUT2D eigenvalue weighted by Crippen LogP contribution is 2.44. The summed E-state index contributed by atoms with van der Waals surface area (Å²) in [6.45, 7) is 1.84. The molecule has 1 unspecified atom stereocenters. The number of rotatable bonds is 5. The Hall–Kier alpha value is -2.54. The van der Waals surface area contributed by atoms with E-state index in [1.165, 1.54) is 38.1 Å². The summed E-state index contributed by atoms with van der Waals surface area (Å²) in [4.78, 5) is 34.5. The van der Waals surface area contributed by atoms with Gasteiger partial charge in [-0.25, -0.2) is 9.79 Å². The normalized spacial score (nSPS) is 21.4. The maximum Gasteiger partial charge on any atom is 0.338 e. The molecule has 4 rings (SSSR count). The molecule has 0 spiro atoms. The fourth-order valence-corrected chi connectivity index (χ4v) is 5.61. The average molecular weight is 440 g/mol. The van der Waals surface area contributed by atoms with E-state index in [1.807, 2.05) is 59.5 Å². The number of aliphatic imine (C=N–C) groups is 1. The Balaban J connectivity index is 1.63. The highest BCUT2D eigenvalue weighted by Gasteiger charge is 2.41. The largest absolute Gasteiger partial charge is 0.466 e. The highest BCUT2D eigenvalue weighted by molar-refractivity contribution is 8.16. The number of amidine groups is 1. The van der Waals surface area contributed by atoms with Gasteiger partial charge in [-0.15, -0.1) is 0 Å². The highest BCUT2D eigenvalue weighted by atomic mass is 32.2. The molecule has 2 heterocycles. The number of fused-ring (bicyclic) bond motifs is 1. The van der Waals surface area contributed by atoms with Gasteiger partial charge in [-0.05, 0) is 30.7 Å². The molecule has 0 saturated heterocycles. The van der Waals surface area contributed by atoms with Gasteiger partial charge < -0.3 is 14.5 Å². The lowest BCUT2D eigenvalue weighted by molar-refractivity contribution is -0.136. The molecule has 0 bridgehead atoms. The van der Waals surface area contributed by atoms with E-state index < -0.39 is 5.97 Å². The Kier molecular flexibility index (Phi) is 6.51. The summed E-state index contributed by atoms with van der Waals surface area (Å²) in [6, 6.07) is 9.83. The van der Waals surface area contributed by atoms with Crippen molar-refractivity contribution in [2.45, 2.75) is 57.5 Å². The minimum absolute atomic E-state index is 0.109. The van der Waals surface area contributed by atoms with Gasteiger partial charge in [0.1, 0.15) is 0 Å². The fraction of sp³-hybridized carbons (Fsp3) is 0.458. The zero-order valence-electron chi connectivity index (χ0n) is 18.3. The van der Waals surface area contributed by atoms with E-state index in [4.69, 9.17) is 4.74 Å². The predicted octanol–water partition coefficient (Wildman–Crippen LogP) is 4.62. The quantitative estimate of drug-likeness (QED) is 0.627. The van der Waals surface area contributed by atoms with Gasteiger partial charge >= 0.3 is 5.97 Å². The van der Waals surface area contributed by atoms with Crippen molar-refractivity contribution in [3.05, 3.63) is 58.3 Å². The van der Waals surface area contributed by atoms with Gasteiger partial charge in [0.2, 0.25) is 5.91 Å². The molecule has 0 radical (unpaired) electrons. The van der Waals surface area contributed by atoms with Crippen molar-refractivity contribution >= 4 is 28.8 Å². The summed E-state index contributed by atoms with van der Waals surface area (Å²) in [7, 11) is 3.31. The third-order valence-electron chi connectivity index (χ3n) is 6.37. The van der Waals surface area contributed by atoms with Crippen molar-refractivity contribution in [3.63, 3.8) is 0 Å². The Morgan fingerprint density at radius 3 is 2.58 bits per heavy atom. The van der Waals surface area contributed by atoms with Crippen molar-refractivity contribution in [1.29, 1.82) is 0 Å². The molecule has 2 aliphatic heterocycles. The molecule has 0 aromatic heterocycles. The zero-order valence-corrected chi connectivity index (χ0v) is 19.2. The number of esters is 1. The molecule has 31 heavy (non-hydrogen) atoms. The first kappa shape index (κ1) is 21.7. The molecular weight excluding hydrogens is 410 g/mol. The molecular formula is C24H29N3O3S. The molecule has 3 aliphatic rings. The Morgan fingerprint density at radius 1 is 1.19 bits per heavy atom. The van der Waals surface area contributed by atoms with Crippen LogP contribution in [0.15, 0.2) is 57.7 Å². The predicted molar refractivity (Wildman–Crippen MR) is 123 cm³/mol. The van der Waals surface area contributed by atoms with Gasteiger partial charge in [-0.3, -0.25) is 4.79 Å². The standard InChI is InChI=1S/C24H29N3O3S/c1-16-21(23(29)30-3)22(17-10-6-4-7-11-17)27-19(15-31-24(27)25-16)14-20(28)26(2)18-12-8-5-9-13-18/h4,6-7,10-11,15,18,22H,5,8-9,12-14H2,1-3H3. The van der Waals surface area contributed by atoms with Crippen molar-refractivity contribution in [2.75, 3.05) is 14.2 Å². The summed E-state index contributed by atoms with van der Waals surface area (Å²) in [5.74, 6) is -0.284. The van der Waals surface area contributed by atoms with E-state index in [0.29, 0.717) is 17.3 Å². The maximum absolute atomic E-state index is 13.2. The van der Waals surface area contributed by atoms with Crippen LogP contribution in [0, 0.1) is 0 Å². The SMILES string of the molecule is COC(=O)C1=C(C)N=C2SC=C(CC(=O)N(C)C3CCCCC3)N2C1c1ccccc1. The number of nitrogens with zero attached hydrogens (tertiary/aromatic N) is 3. The van der Waals surface area contributed by atoms with Crippen LogP contribution in [0.25, 0.3) is 0 Å². The monoisotopic (exact) mass is 439 g/mol. The Bertz CT molecular complexity index is 948. The number of carbonyl (C=O) groups is 2. The first-order valence-corrected chi connectivity index (χ1v) is 11.7. The smallest absolute Gasteiger partial charge is 0.338 e. The van der Waals surface area contributed by atoms with Crippen molar-refractivity contribution < 1.29 is 14.3 Å². The van der Waals surface area contributed by atoms with E-state index in [1.54, 1.807) is 0 Å². The molecule has 1 atom stereocenters. The second-order valence-electron chi connectivity index (χ2n) is 8.27. The van der Waals surface area contributed by atoms with Gasteiger partial charge in [-0.2, -0.15) is 0 Å². The van der Waals surface area contributed by atoms with Crippen LogP contribution in [0.1, 0.15) is 57.1 Å². The van der Waals surface area contributed by atoms with Crippen LogP contribution < -0.4 is 0 Å².